The van der Waals surface area contributed by atoms with Crippen LogP contribution in [-0.2, 0) is 9.59 Å². The summed E-state index contributed by atoms with van der Waals surface area (Å²) in [5.74, 6) is 0.589. The molecule has 3 aliphatic heterocycles. The fourth-order valence-electron chi connectivity index (χ4n) is 5.90. The van der Waals surface area contributed by atoms with Gasteiger partial charge in [0, 0.05) is 29.0 Å². The van der Waals surface area contributed by atoms with Gasteiger partial charge in [-0.05, 0) is 37.1 Å². The summed E-state index contributed by atoms with van der Waals surface area (Å²) in [6.45, 7) is 5.25. The molecular weight excluding hydrogens is 412 g/mol. The Labute approximate surface area is 187 Å². The van der Waals surface area contributed by atoms with Gasteiger partial charge in [0.2, 0.25) is 11.8 Å². The molecule has 2 saturated heterocycles. The summed E-state index contributed by atoms with van der Waals surface area (Å²) in [5, 5.41) is 0.605. The van der Waals surface area contributed by atoms with Crippen LogP contribution in [0.3, 0.4) is 0 Å². The second kappa shape index (κ2) is 7.56. The number of nitrogens with zero attached hydrogens (tertiary/aromatic N) is 2. The zero-order valence-corrected chi connectivity index (χ0v) is 18.6. The third-order valence-corrected chi connectivity index (χ3v) is 7.43. The molecule has 5 rings (SSSR count). The lowest BCUT2D eigenvalue weighted by Gasteiger charge is -2.47. The number of hydrogen-bond donors (Lipinski definition) is 0. The van der Waals surface area contributed by atoms with Crippen LogP contribution in [0.25, 0.3) is 0 Å². The number of piperazine rings is 1. The van der Waals surface area contributed by atoms with E-state index < -0.39 is 5.54 Å². The highest BCUT2D eigenvalue weighted by Gasteiger charge is 2.66. The second-order valence-electron chi connectivity index (χ2n) is 8.98. The van der Waals surface area contributed by atoms with E-state index in [1.165, 1.54) is 0 Å². The summed E-state index contributed by atoms with van der Waals surface area (Å²) < 4.78 is 6.14. The van der Waals surface area contributed by atoms with E-state index in [0.29, 0.717) is 18.2 Å². The molecule has 162 valence electrons. The first kappa shape index (κ1) is 20.4. The number of ether oxygens (including phenoxy) is 1. The molecule has 4 atom stereocenters. The third kappa shape index (κ3) is 2.97. The van der Waals surface area contributed by atoms with Crippen molar-refractivity contribution >= 4 is 23.4 Å². The Morgan fingerprint density at radius 2 is 1.94 bits per heavy atom. The Kier molecular flexibility index (Phi) is 4.97. The second-order valence-corrected chi connectivity index (χ2v) is 9.42. The first-order chi connectivity index (χ1) is 15.0. The minimum Gasteiger partial charge on any atom is -0.493 e. The topological polar surface area (TPSA) is 49.9 Å². The molecule has 3 heterocycles. The Bertz CT molecular complexity index is 1030. The van der Waals surface area contributed by atoms with Crippen molar-refractivity contribution in [3.63, 3.8) is 0 Å². The molecule has 5 nitrogen and oxygen atoms in total. The molecule has 0 aromatic heterocycles. The van der Waals surface area contributed by atoms with Crippen molar-refractivity contribution in [1.29, 1.82) is 0 Å². The van der Waals surface area contributed by atoms with Crippen molar-refractivity contribution in [3.05, 3.63) is 64.7 Å². The van der Waals surface area contributed by atoms with Crippen molar-refractivity contribution in [3.8, 4) is 5.75 Å². The van der Waals surface area contributed by atoms with Crippen LogP contribution in [0.15, 0.2) is 48.5 Å². The van der Waals surface area contributed by atoms with E-state index >= 15 is 0 Å². The minimum absolute atomic E-state index is 0.000500. The van der Waals surface area contributed by atoms with Crippen LogP contribution in [-0.4, -0.2) is 46.8 Å². The Hall–Kier alpha value is -2.53. The summed E-state index contributed by atoms with van der Waals surface area (Å²) in [6, 6.07) is 15.4. The molecule has 3 unspecified atom stereocenters. The third-order valence-electron chi connectivity index (χ3n) is 7.19. The zero-order chi connectivity index (χ0) is 21.8. The van der Waals surface area contributed by atoms with Gasteiger partial charge in [0.25, 0.3) is 0 Å². The first-order valence-corrected chi connectivity index (χ1v) is 11.4. The number of carbonyl (C=O) groups excluding carboxylic acids is 2. The molecule has 0 saturated carbocycles. The first-order valence-electron chi connectivity index (χ1n) is 11.1. The highest BCUT2D eigenvalue weighted by atomic mass is 35.5. The zero-order valence-electron chi connectivity index (χ0n) is 17.9. The standard InChI is InChI=1S/C25H27ClN2O3/c1-3-4-12-27-14-21(29)28-23-18-13-17(26)10-11-20(18)31-15-19(23)22(25(28,2)24(27)30)16-8-6-5-7-9-16/h5-11,13,19,22-23H,3-4,12,14-15H2,1-2H3/t19?,22?,23?,25-/m1/s1. The van der Waals surface area contributed by atoms with Gasteiger partial charge in [-0.15, -0.1) is 0 Å². The molecule has 2 aromatic carbocycles. The fourth-order valence-corrected chi connectivity index (χ4v) is 6.08. The van der Waals surface area contributed by atoms with Gasteiger partial charge in [-0.2, -0.15) is 0 Å². The summed E-state index contributed by atoms with van der Waals surface area (Å²) in [7, 11) is 0. The van der Waals surface area contributed by atoms with Crippen LogP contribution in [0.5, 0.6) is 5.75 Å². The predicted octanol–water partition coefficient (Wildman–Crippen LogP) is 4.42. The lowest BCUT2D eigenvalue weighted by molar-refractivity contribution is -0.163. The van der Waals surface area contributed by atoms with Gasteiger partial charge in [0.15, 0.2) is 0 Å². The van der Waals surface area contributed by atoms with Crippen LogP contribution in [0.2, 0.25) is 5.02 Å². The van der Waals surface area contributed by atoms with Crippen molar-refractivity contribution < 1.29 is 14.3 Å². The fraction of sp³-hybridized carbons (Fsp3) is 0.440. The lowest BCUT2D eigenvalue weighted by Crippen LogP contribution is -2.66. The van der Waals surface area contributed by atoms with Gasteiger partial charge in [-0.1, -0.05) is 55.3 Å². The normalized spacial score (nSPS) is 29.3. The quantitative estimate of drug-likeness (QED) is 0.710. The minimum atomic E-state index is -0.965. The number of rotatable bonds is 4. The van der Waals surface area contributed by atoms with E-state index in [2.05, 4.69) is 19.1 Å². The highest BCUT2D eigenvalue weighted by Crippen LogP contribution is 2.59. The number of hydrogen-bond acceptors (Lipinski definition) is 3. The van der Waals surface area contributed by atoms with Crippen LogP contribution in [0.1, 0.15) is 49.8 Å². The van der Waals surface area contributed by atoms with Crippen LogP contribution in [0, 0.1) is 5.92 Å². The van der Waals surface area contributed by atoms with Crippen LogP contribution < -0.4 is 4.74 Å². The van der Waals surface area contributed by atoms with Gasteiger partial charge < -0.3 is 14.5 Å². The van der Waals surface area contributed by atoms with Crippen molar-refractivity contribution in [2.45, 2.75) is 44.2 Å². The van der Waals surface area contributed by atoms with Crippen LogP contribution >= 0.6 is 11.6 Å². The van der Waals surface area contributed by atoms with Gasteiger partial charge in [0.1, 0.15) is 11.3 Å². The molecule has 2 aromatic rings. The maximum atomic E-state index is 14.0. The average molecular weight is 439 g/mol. The summed E-state index contributed by atoms with van der Waals surface area (Å²) in [6.07, 6.45) is 1.87. The van der Waals surface area contributed by atoms with Gasteiger partial charge >= 0.3 is 0 Å². The molecule has 0 radical (unpaired) electrons. The molecule has 6 heteroatoms. The molecule has 31 heavy (non-hydrogen) atoms. The maximum absolute atomic E-state index is 14.0. The molecular formula is C25H27ClN2O3. The highest BCUT2D eigenvalue weighted by molar-refractivity contribution is 6.30. The van der Waals surface area contributed by atoms with E-state index in [0.717, 1.165) is 29.7 Å². The van der Waals surface area contributed by atoms with Gasteiger partial charge in [-0.3, -0.25) is 9.59 Å². The summed E-state index contributed by atoms with van der Waals surface area (Å²) in [5.41, 5.74) is 0.999. The molecule has 3 aliphatic rings. The predicted molar refractivity (Wildman–Crippen MR) is 119 cm³/mol. The van der Waals surface area contributed by atoms with Crippen molar-refractivity contribution in [1.82, 2.24) is 9.80 Å². The largest absolute Gasteiger partial charge is 0.493 e. The van der Waals surface area contributed by atoms with E-state index in [9.17, 15) is 9.59 Å². The molecule has 0 spiro atoms. The van der Waals surface area contributed by atoms with E-state index in [1.807, 2.05) is 42.2 Å². The van der Waals surface area contributed by atoms with E-state index in [1.54, 1.807) is 11.0 Å². The number of unbranched alkanes of at least 4 members (excludes halogenated alkanes) is 1. The SMILES string of the molecule is CCCCN1CC(=O)N2C3c4cc(Cl)ccc4OCC3C(c3ccccc3)[C@]2(C)C1=O. The van der Waals surface area contributed by atoms with E-state index in [4.69, 9.17) is 16.3 Å². The maximum Gasteiger partial charge on any atom is 0.249 e. The summed E-state index contributed by atoms with van der Waals surface area (Å²) >= 11 is 6.34. The lowest BCUT2D eigenvalue weighted by atomic mass is 9.73. The number of fused-ring (bicyclic) bond motifs is 5. The molecule has 2 fully saturated rings. The van der Waals surface area contributed by atoms with Crippen molar-refractivity contribution in [2.75, 3.05) is 19.7 Å². The number of halogens is 1. The van der Waals surface area contributed by atoms with Crippen molar-refractivity contribution in [2.24, 2.45) is 5.92 Å². The number of benzene rings is 2. The van der Waals surface area contributed by atoms with E-state index in [-0.39, 0.29) is 36.2 Å². The molecule has 0 aliphatic carbocycles. The van der Waals surface area contributed by atoms with Gasteiger partial charge in [-0.25, -0.2) is 0 Å². The molecule has 0 N–H and O–H groups in total. The van der Waals surface area contributed by atoms with Gasteiger partial charge in [0.05, 0.1) is 19.2 Å². The molecule has 2 amide bonds. The smallest absolute Gasteiger partial charge is 0.249 e. The molecule has 0 bridgehead atoms. The Balaban J connectivity index is 1.68. The monoisotopic (exact) mass is 438 g/mol. The van der Waals surface area contributed by atoms with Crippen LogP contribution in [0.4, 0.5) is 0 Å². The number of amides is 2. The Morgan fingerprint density at radius 1 is 1.16 bits per heavy atom. The Morgan fingerprint density at radius 3 is 2.68 bits per heavy atom. The number of carbonyl (C=O) groups is 2. The summed E-state index contributed by atoms with van der Waals surface area (Å²) in [4.78, 5) is 31.2. The average Bonchev–Trinajstić information content (AvgIpc) is 3.06.